The van der Waals surface area contributed by atoms with Crippen LogP contribution < -0.4 is 10.2 Å². The Morgan fingerprint density at radius 2 is 2.27 bits per heavy atom. The van der Waals surface area contributed by atoms with Crippen molar-refractivity contribution in [3.63, 3.8) is 0 Å². The highest BCUT2D eigenvalue weighted by molar-refractivity contribution is 6.62. The number of hydrogen-bond donors (Lipinski definition) is 1. The van der Waals surface area contributed by atoms with Crippen LogP contribution in [0.3, 0.4) is 0 Å². The molecule has 2 rings (SSSR count). The minimum atomic E-state index is -0.840. The zero-order valence-corrected chi connectivity index (χ0v) is 9.06. The molecule has 3 nitrogen and oxygen atoms in total. The normalized spacial score (nSPS) is 19.1. The minimum absolute atomic E-state index is 0.00425. The van der Waals surface area contributed by atoms with E-state index in [2.05, 4.69) is 0 Å². The van der Waals surface area contributed by atoms with Crippen LogP contribution in [-0.2, 0) is 4.65 Å². The first-order valence-electron chi connectivity index (χ1n) is 5.37. The van der Waals surface area contributed by atoms with Gasteiger partial charge in [0.1, 0.15) is 5.75 Å². The van der Waals surface area contributed by atoms with Crippen molar-refractivity contribution in [3.8, 4) is 5.75 Å². The Kier molecular flexibility index (Phi) is 2.98. The van der Waals surface area contributed by atoms with Crippen LogP contribution in [0.5, 0.6) is 5.75 Å². The Bertz CT molecular complexity index is 354. The summed E-state index contributed by atoms with van der Waals surface area (Å²) < 4.78 is 10.9. The molecule has 1 N–H and O–H groups in total. The van der Waals surface area contributed by atoms with E-state index in [1.165, 1.54) is 0 Å². The molecule has 1 unspecified atom stereocenters. The summed E-state index contributed by atoms with van der Waals surface area (Å²) in [5.74, 6) is 0.735. The molecular weight excluding hydrogens is 191 g/mol. The van der Waals surface area contributed by atoms with Crippen molar-refractivity contribution in [1.82, 2.24) is 0 Å². The molecule has 0 aromatic heterocycles. The molecule has 0 saturated carbocycles. The van der Waals surface area contributed by atoms with Gasteiger partial charge in [-0.1, -0.05) is 19.1 Å². The lowest BCUT2D eigenvalue weighted by atomic mass is 9.78. The molecule has 15 heavy (non-hydrogen) atoms. The van der Waals surface area contributed by atoms with E-state index in [-0.39, 0.29) is 6.10 Å². The van der Waals surface area contributed by atoms with Crippen LogP contribution in [-0.4, -0.2) is 18.7 Å². The summed E-state index contributed by atoms with van der Waals surface area (Å²) in [6.07, 6.45) is 0.856. The maximum absolute atomic E-state index is 9.79. The van der Waals surface area contributed by atoms with Crippen molar-refractivity contribution < 1.29 is 14.4 Å². The second-order valence-corrected chi connectivity index (χ2v) is 3.58. The first-order valence-corrected chi connectivity index (χ1v) is 5.37. The Morgan fingerprint density at radius 3 is 2.93 bits per heavy atom. The van der Waals surface area contributed by atoms with Gasteiger partial charge >= 0.3 is 7.12 Å². The molecule has 0 saturated heterocycles. The van der Waals surface area contributed by atoms with Crippen LogP contribution in [0.1, 0.15) is 31.9 Å². The van der Waals surface area contributed by atoms with Gasteiger partial charge in [-0.3, -0.25) is 0 Å². The highest BCUT2D eigenvalue weighted by Gasteiger charge is 2.36. The van der Waals surface area contributed by atoms with Crippen LogP contribution in [0.25, 0.3) is 0 Å². The maximum atomic E-state index is 9.79. The molecule has 1 atom stereocenters. The summed E-state index contributed by atoms with van der Waals surface area (Å²) in [6.45, 7) is 4.57. The second-order valence-electron chi connectivity index (χ2n) is 3.58. The average molecular weight is 206 g/mol. The molecule has 1 aliphatic heterocycles. The number of ether oxygens (including phenoxy) is 1. The number of rotatable bonds is 3. The van der Waals surface area contributed by atoms with Gasteiger partial charge in [0.2, 0.25) is 0 Å². The topological polar surface area (TPSA) is 38.7 Å². The number of fused-ring (bicyclic) bond motifs is 1. The highest BCUT2D eigenvalue weighted by Crippen LogP contribution is 2.29. The molecule has 1 aromatic rings. The summed E-state index contributed by atoms with van der Waals surface area (Å²) in [5.41, 5.74) is 1.85. The first-order chi connectivity index (χ1) is 7.27. The van der Waals surface area contributed by atoms with Gasteiger partial charge in [0, 0.05) is 5.46 Å². The van der Waals surface area contributed by atoms with Crippen molar-refractivity contribution in [3.05, 3.63) is 23.8 Å². The molecule has 80 valence electrons. The van der Waals surface area contributed by atoms with E-state index in [1.807, 2.05) is 32.0 Å². The van der Waals surface area contributed by atoms with E-state index in [9.17, 15) is 5.02 Å². The Balaban J connectivity index is 2.42. The maximum Gasteiger partial charge on any atom is 0.495 e. The largest absolute Gasteiger partial charge is 0.495 e. The standard InChI is InChI=1S/C11H15BO3/c1-3-9-8-6-5-7-10(14-4-2)11(8)12(13)15-9/h5-7,9,13H,3-4H2,1-2H3. The Labute approximate surface area is 90.2 Å². The fraction of sp³-hybridized carbons (Fsp3) is 0.455. The van der Waals surface area contributed by atoms with Crippen molar-refractivity contribution in [2.75, 3.05) is 6.61 Å². The molecule has 1 aliphatic rings. The Hall–Kier alpha value is -0.995. The lowest BCUT2D eigenvalue weighted by molar-refractivity contribution is 0.186. The monoisotopic (exact) mass is 206 g/mol. The third-order valence-electron chi connectivity index (χ3n) is 2.66. The van der Waals surface area contributed by atoms with Crippen molar-refractivity contribution in [2.45, 2.75) is 26.4 Å². The molecule has 4 heteroatoms. The number of hydrogen-bond acceptors (Lipinski definition) is 3. The lowest BCUT2D eigenvalue weighted by Gasteiger charge is -2.10. The molecule has 0 spiro atoms. The average Bonchev–Trinajstić information content (AvgIpc) is 2.57. The summed E-state index contributed by atoms with van der Waals surface area (Å²) in [5, 5.41) is 9.79. The molecular formula is C11H15BO3. The van der Waals surface area contributed by atoms with E-state index >= 15 is 0 Å². The second kappa shape index (κ2) is 4.25. The highest BCUT2D eigenvalue weighted by atomic mass is 16.5. The fourth-order valence-electron chi connectivity index (χ4n) is 2.00. The molecule has 1 heterocycles. The predicted molar refractivity (Wildman–Crippen MR) is 59.3 cm³/mol. The Morgan fingerprint density at radius 1 is 1.47 bits per heavy atom. The third kappa shape index (κ3) is 1.75. The van der Waals surface area contributed by atoms with Gasteiger partial charge in [-0.25, -0.2) is 0 Å². The van der Waals surface area contributed by atoms with Gasteiger partial charge in [-0.2, -0.15) is 0 Å². The smallest absolute Gasteiger partial charge is 0.494 e. The number of benzene rings is 1. The van der Waals surface area contributed by atoms with E-state index in [0.29, 0.717) is 6.61 Å². The van der Waals surface area contributed by atoms with Crippen LogP contribution in [0.4, 0.5) is 0 Å². The van der Waals surface area contributed by atoms with Crippen LogP contribution in [0.2, 0.25) is 0 Å². The zero-order chi connectivity index (χ0) is 10.8. The fourth-order valence-corrected chi connectivity index (χ4v) is 2.00. The molecule has 0 fully saturated rings. The molecule has 1 aromatic carbocycles. The minimum Gasteiger partial charge on any atom is -0.494 e. The molecule has 0 radical (unpaired) electrons. The predicted octanol–water partition coefficient (Wildman–Crippen LogP) is 1.25. The summed E-state index contributed by atoms with van der Waals surface area (Å²) >= 11 is 0. The zero-order valence-electron chi connectivity index (χ0n) is 9.06. The van der Waals surface area contributed by atoms with Gasteiger partial charge in [-0.15, -0.1) is 0 Å². The van der Waals surface area contributed by atoms with Crippen molar-refractivity contribution >= 4 is 12.6 Å². The van der Waals surface area contributed by atoms with Crippen molar-refractivity contribution in [1.29, 1.82) is 0 Å². The van der Waals surface area contributed by atoms with Crippen LogP contribution in [0, 0.1) is 0 Å². The molecule has 0 amide bonds. The van der Waals surface area contributed by atoms with Gasteiger partial charge in [-0.05, 0) is 25.0 Å². The van der Waals surface area contributed by atoms with E-state index < -0.39 is 7.12 Å². The van der Waals surface area contributed by atoms with Gasteiger partial charge in [0.25, 0.3) is 0 Å². The first kappa shape index (κ1) is 10.5. The summed E-state index contributed by atoms with van der Waals surface area (Å²) in [4.78, 5) is 0. The summed E-state index contributed by atoms with van der Waals surface area (Å²) in [6, 6.07) is 5.79. The SMILES string of the molecule is CCOc1cccc2c1B(O)OC2CC. The molecule has 0 aliphatic carbocycles. The van der Waals surface area contributed by atoms with Gasteiger partial charge in [0.05, 0.1) is 12.7 Å². The van der Waals surface area contributed by atoms with Gasteiger partial charge in [0.15, 0.2) is 0 Å². The molecule has 0 bridgehead atoms. The lowest BCUT2D eigenvalue weighted by Crippen LogP contribution is -2.29. The van der Waals surface area contributed by atoms with Crippen molar-refractivity contribution in [2.24, 2.45) is 0 Å². The van der Waals surface area contributed by atoms with Crippen LogP contribution in [0.15, 0.2) is 18.2 Å². The van der Waals surface area contributed by atoms with E-state index in [1.54, 1.807) is 0 Å². The quantitative estimate of drug-likeness (QED) is 0.756. The summed E-state index contributed by atoms with van der Waals surface area (Å²) in [7, 11) is -0.840. The van der Waals surface area contributed by atoms with Crippen LogP contribution >= 0.6 is 0 Å². The van der Waals surface area contributed by atoms with Gasteiger partial charge < -0.3 is 14.4 Å². The third-order valence-corrected chi connectivity index (χ3v) is 2.66. The van der Waals surface area contributed by atoms with E-state index in [0.717, 1.165) is 23.2 Å². The van der Waals surface area contributed by atoms with E-state index in [4.69, 9.17) is 9.39 Å².